The standard InChI is InChI=1S/C22H29ClN2O/c1-2-3-4-5-6-7-11-16-26-22-15-14-19(17-21(22)23)18-24-25-20-12-9-8-10-13-20/h8-10,12-15,17-18,25H,2-7,11,16H2,1H3/b24-18+. The lowest BCUT2D eigenvalue weighted by Gasteiger charge is -2.08. The molecule has 4 heteroatoms. The molecule has 0 aliphatic rings. The number of anilines is 1. The van der Waals surface area contributed by atoms with Gasteiger partial charge in [0.05, 0.1) is 23.5 Å². The Bertz CT molecular complexity index is 658. The fraction of sp³-hybridized carbons (Fsp3) is 0.409. The van der Waals surface area contributed by atoms with Crippen molar-refractivity contribution in [2.24, 2.45) is 5.10 Å². The summed E-state index contributed by atoms with van der Waals surface area (Å²) < 4.78 is 5.80. The number of benzene rings is 2. The summed E-state index contributed by atoms with van der Waals surface area (Å²) in [4.78, 5) is 0. The number of ether oxygens (including phenoxy) is 1. The first kappa shape index (κ1) is 20.3. The molecule has 0 heterocycles. The number of nitrogens with one attached hydrogen (secondary N) is 1. The molecule has 0 saturated carbocycles. The summed E-state index contributed by atoms with van der Waals surface area (Å²) in [6.07, 6.45) is 10.7. The predicted molar refractivity (Wildman–Crippen MR) is 113 cm³/mol. The largest absolute Gasteiger partial charge is 0.492 e. The van der Waals surface area contributed by atoms with Crippen molar-refractivity contribution in [1.29, 1.82) is 0 Å². The lowest BCUT2D eigenvalue weighted by Crippen LogP contribution is -1.98. The van der Waals surface area contributed by atoms with Crippen molar-refractivity contribution < 1.29 is 4.74 Å². The van der Waals surface area contributed by atoms with Crippen LogP contribution in [0.1, 0.15) is 57.4 Å². The third-order valence-corrected chi connectivity index (χ3v) is 4.44. The smallest absolute Gasteiger partial charge is 0.137 e. The van der Waals surface area contributed by atoms with Gasteiger partial charge in [0.25, 0.3) is 0 Å². The molecule has 0 amide bonds. The van der Waals surface area contributed by atoms with Gasteiger partial charge >= 0.3 is 0 Å². The number of nitrogens with zero attached hydrogens (tertiary/aromatic N) is 1. The van der Waals surface area contributed by atoms with Crippen LogP contribution in [0.5, 0.6) is 5.75 Å². The Morgan fingerprint density at radius 1 is 0.962 bits per heavy atom. The number of halogens is 1. The highest BCUT2D eigenvalue weighted by atomic mass is 35.5. The van der Waals surface area contributed by atoms with Crippen molar-refractivity contribution in [2.45, 2.75) is 51.9 Å². The van der Waals surface area contributed by atoms with Gasteiger partial charge in [0.1, 0.15) is 5.75 Å². The molecular formula is C22H29ClN2O. The van der Waals surface area contributed by atoms with Crippen molar-refractivity contribution >= 4 is 23.5 Å². The quantitative estimate of drug-likeness (QED) is 0.249. The molecule has 26 heavy (non-hydrogen) atoms. The zero-order valence-electron chi connectivity index (χ0n) is 15.6. The highest BCUT2D eigenvalue weighted by Gasteiger charge is 2.02. The molecule has 0 aromatic heterocycles. The maximum Gasteiger partial charge on any atom is 0.137 e. The van der Waals surface area contributed by atoms with Crippen LogP contribution < -0.4 is 10.2 Å². The maximum atomic E-state index is 6.32. The second kappa shape index (κ2) is 12.4. The Labute approximate surface area is 162 Å². The van der Waals surface area contributed by atoms with Crippen LogP contribution >= 0.6 is 11.6 Å². The number of rotatable bonds is 12. The zero-order valence-corrected chi connectivity index (χ0v) is 16.3. The minimum absolute atomic E-state index is 0.622. The predicted octanol–water partition coefficient (Wildman–Crippen LogP) is 6.92. The summed E-state index contributed by atoms with van der Waals surface area (Å²) in [5.74, 6) is 0.741. The lowest BCUT2D eigenvalue weighted by atomic mass is 10.1. The summed E-state index contributed by atoms with van der Waals surface area (Å²) in [7, 11) is 0. The summed E-state index contributed by atoms with van der Waals surface area (Å²) >= 11 is 6.32. The van der Waals surface area contributed by atoms with Crippen LogP contribution in [0.2, 0.25) is 5.02 Å². The maximum absolute atomic E-state index is 6.32. The number of unbranched alkanes of at least 4 members (excludes halogenated alkanes) is 6. The van der Waals surface area contributed by atoms with E-state index in [1.165, 1.54) is 38.5 Å². The Morgan fingerprint density at radius 2 is 1.69 bits per heavy atom. The lowest BCUT2D eigenvalue weighted by molar-refractivity contribution is 0.304. The Balaban J connectivity index is 1.69. The van der Waals surface area contributed by atoms with E-state index < -0.39 is 0 Å². The van der Waals surface area contributed by atoms with Crippen molar-refractivity contribution in [3.8, 4) is 5.75 Å². The van der Waals surface area contributed by atoms with Gasteiger partial charge in [-0.1, -0.05) is 75.2 Å². The number of para-hydroxylation sites is 1. The number of hydrogen-bond donors (Lipinski definition) is 1. The van der Waals surface area contributed by atoms with Gasteiger partial charge in [0.15, 0.2) is 0 Å². The SMILES string of the molecule is CCCCCCCCCOc1ccc(/C=N/Nc2ccccc2)cc1Cl. The van der Waals surface area contributed by atoms with E-state index in [0.717, 1.165) is 30.0 Å². The van der Waals surface area contributed by atoms with Crippen LogP contribution in [-0.4, -0.2) is 12.8 Å². The van der Waals surface area contributed by atoms with Crippen molar-refractivity contribution in [1.82, 2.24) is 0 Å². The van der Waals surface area contributed by atoms with E-state index in [2.05, 4.69) is 17.5 Å². The first-order valence-electron chi connectivity index (χ1n) is 9.56. The van der Waals surface area contributed by atoms with Crippen LogP contribution in [0.3, 0.4) is 0 Å². The Hall–Kier alpha value is -2.00. The molecule has 0 aliphatic carbocycles. The highest BCUT2D eigenvalue weighted by Crippen LogP contribution is 2.25. The Kier molecular flexibility index (Phi) is 9.66. The van der Waals surface area contributed by atoms with Crippen LogP contribution in [0.4, 0.5) is 5.69 Å². The highest BCUT2D eigenvalue weighted by molar-refractivity contribution is 6.32. The average molecular weight is 373 g/mol. The van der Waals surface area contributed by atoms with Crippen LogP contribution in [0.15, 0.2) is 53.6 Å². The normalized spacial score (nSPS) is 11.0. The zero-order chi connectivity index (χ0) is 18.5. The van der Waals surface area contributed by atoms with Gasteiger partial charge in [-0.3, -0.25) is 5.43 Å². The molecule has 2 aromatic rings. The average Bonchev–Trinajstić information content (AvgIpc) is 2.66. The second-order valence-corrected chi connectivity index (χ2v) is 6.80. The third kappa shape index (κ3) is 7.92. The summed E-state index contributed by atoms with van der Waals surface area (Å²) in [5, 5.41) is 4.85. The van der Waals surface area contributed by atoms with Crippen LogP contribution in [0.25, 0.3) is 0 Å². The molecule has 140 valence electrons. The van der Waals surface area contributed by atoms with Gasteiger partial charge in [-0.25, -0.2) is 0 Å². The molecule has 1 N–H and O–H groups in total. The number of hydrogen-bond acceptors (Lipinski definition) is 3. The molecule has 0 bridgehead atoms. The molecule has 0 unspecified atom stereocenters. The minimum atomic E-state index is 0.622. The van der Waals surface area contributed by atoms with E-state index >= 15 is 0 Å². The summed E-state index contributed by atoms with van der Waals surface area (Å²) in [6.45, 7) is 2.96. The van der Waals surface area contributed by atoms with Gasteiger partial charge in [-0.2, -0.15) is 5.10 Å². The van der Waals surface area contributed by atoms with Crippen molar-refractivity contribution in [2.75, 3.05) is 12.0 Å². The van der Waals surface area contributed by atoms with Gasteiger partial charge in [-0.05, 0) is 42.3 Å². The second-order valence-electron chi connectivity index (χ2n) is 6.40. The molecule has 0 fully saturated rings. The summed E-state index contributed by atoms with van der Waals surface area (Å²) in [5.41, 5.74) is 4.87. The summed E-state index contributed by atoms with van der Waals surface area (Å²) in [6, 6.07) is 15.6. The fourth-order valence-corrected chi connectivity index (χ4v) is 2.89. The molecule has 0 radical (unpaired) electrons. The van der Waals surface area contributed by atoms with Gasteiger partial charge in [-0.15, -0.1) is 0 Å². The molecule has 2 rings (SSSR count). The van der Waals surface area contributed by atoms with E-state index in [9.17, 15) is 0 Å². The molecule has 3 nitrogen and oxygen atoms in total. The minimum Gasteiger partial charge on any atom is -0.492 e. The Morgan fingerprint density at radius 3 is 2.42 bits per heavy atom. The van der Waals surface area contributed by atoms with E-state index in [4.69, 9.17) is 16.3 Å². The van der Waals surface area contributed by atoms with E-state index in [1.807, 2.05) is 48.5 Å². The fourth-order valence-electron chi connectivity index (χ4n) is 2.65. The molecule has 0 aliphatic heterocycles. The van der Waals surface area contributed by atoms with Crippen LogP contribution in [-0.2, 0) is 0 Å². The van der Waals surface area contributed by atoms with E-state index in [0.29, 0.717) is 5.02 Å². The third-order valence-electron chi connectivity index (χ3n) is 4.14. The monoisotopic (exact) mass is 372 g/mol. The van der Waals surface area contributed by atoms with Crippen molar-refractivity contribution in [3.05, 3.63) is 59.1 Å². The molecule has 2 aromatic carbocycles. The van der Waals surface area contributed by atoms with Crippen molar-refractivity contribution in [3.63, 3.8) is 0 Å². The van der Waals surface area contributed by atoms with Gasteiger partial charge < -0.3 is 4.74 Å². The topological polar surface area (TPSA) is 33.6 Å². The molecular weight excluding hydrogens is 344 g/mol. The first-order valence-corrected chi connectivity index (χ1v) is 9.94. The van der Waals surface area contributed by atoms with Crippen LogP contribution in [0, 0.1) is 0 Å². The van der Waals surface area contributed by atoms with E-state index in [-0.39, 0.29) is 0 Å². The van der Waals surface area contributed by atoms with Gasteiger partial charge in [0, 0.05) is 0 Å². The first-order chi connectivity index (χ1) is 12.8. The van der Waals surface area contributed by atoms with E-state index in [1.54, 1.807) is 6.21 Å². The molecule has 0 saturated heterocycles. The number of hydrazone groups is 1. The molecule has 0 spiro atoms. The molecule has 0 atom stereocenters. The van der Waals surface area contributed by atoms with Gasteiger partial charge in [0.2, 0.25) is 0 Å².